The molecule has 0 bridgehead atoms. The molecule has 1 aliphatic carbocycles. The normalized spacial score (nSPS) is 20.2. The van der Waals surface area contributed by atoms with Gasteiger partial charge in [0, 0.05) is 17.0 Å². The van der Waals surface area contributed by atoms with Gasteiger partial charge in [0.2, 0.25) is 0 Å². The van der Waals surface area contributed by atoms with Crippen molar-refractivity contribution < 1.29 is 5.11 Å². The number of phenols is 1. The Kier molecular flexibility index (Phi) is 5.07. The number of nitrogens with two attached hydrogens (primary N) is 1. The van der Waals surface area contributed by atoms with E-state index in [0.717, 1.165) is 25.7 Å². The first-order valence-corrected chi connectivity index (χ1v) is 8.65. The predicted octanol–water partition coefficient (Wildman–Crippen LogP) is 3.20. The highest BCUT2D eigenvalue weighted by atomic mass is 35.5. The van der Waals surface area contributed by atoms with E-state index in [-0.39, 0.29) is 23.3 Å². The van der Waals surface area contributed by atoms with Crippen molar-refractivity contribution in [1.29, 1.82) is 5.26 Å². The number of aromatic hydroxyl groups is 1. The lowest BCUT2D eigenvalue weighted by Gasteiger charge is -2.29. The van der Waals surface area contributed by atoms with E-state index in [9.17, 15) is 10.4 Å². The van der Waals surface area contributed by atoms with Crippen LogP contribution in [0.15, 0.2) is 18.2 Å². The molecule has 1 fully saturated rings. The number of anilines is 1. The largest absolute Gasteiger partial charge is 0.507 e. The van der Waals surface area contributed by atoms with Crippen molar-refractivity contribution in [3.63, 3.8) is 0 Å². The topological polar surface area (TPSA) is 108 Å². The number of benzene rings is 1. The van der Waals surface area contributed by atoms with Crippen molar-refractivity contribution in [3.8, 4) is 23.2 Å². The number of hydrogen-bond donors (Lipinski definition) is 3. The van der Waals surface area contributed by atoms with Crippen molar-refractivity contribution in [1.82, 2.24) is 15.3 Å². The van der Waals surface area contributed by atoms with Gasteiger partial charge in [-0.3, -0.25) is 0 Å². The Balaban J connectivity index is 2.10. The van der Waals surface area contributed by atoms with Crippen molar-refractivity contribution in [2.75, 3.05) is 12.8 Å². The van der Waals surface area contributed by atoms with Crippen LogP contribution in [0.5, 0.6) is 5.75 Å². The van der Waals surface area contributed by atoms with Gasteiger partial charge in [0.15, 0.2) is 5.82 Å². The zero-order valence-electron chi connectivity index (χ0n) is 14.0. The highest BCUT2D eigenvalue weighted by molar-refractivity contribution is 6.30. The van der Waals surface area contributed by atoms with E-state index < -0.39 is 0 Å². The zero-order chi connectivity index (χ0) is 18.0. The zero-order valence-corrected chi connectivity index (χ0v) is 14.7. The molecule has 130 valence electrons. The van der Waals surface area contributed by atoms with Gasteiger partial charge >= 0.3 is 0 Å². The Bertz CT molecular complexity index is 833. The smallest absolute Gasteiger partial charge is 0.165 e. The minimum atomic E-state index is 0.0243. The number of hydrogen-bond acceptors (Lipinski definition) is 6. The second kappa shape index (κ2) is 7.26. The standard InChI is InChI=1S/C18H20ClN5O/c1-22-12-4-2-3-10(7-12)16-14(9-20)17(21)24-18(23-16)13-8-11(19)5-6-15(13)25/h5-6,8,10,12,22,25H,2-4,7H2,1H3,(H2,21,23,24). The highest BCUT2D eigenvalue weighted by Gasteiger charge is 2.27. The summed E-state index contributed by atoms with van der Waals surface area (Å²) in [6, 6.07) is 7.21. The molecule has 4 N–H and O–H groups in total. The first kappa shape index (κ1) is 17.5. The fourth-order valence-electron chi connectivity index (χ4n) is 3.41. The Morgan fingerprint density at radius 1 is 1.36 bits per heavy atom. The molecular formula is C18H20ClN5O. The van der Waals surface area contributed by atoms with Crippen LogP contribution < -0.4 is 11.1 Å². The number of halogens is 1. The SMILES string of the molecule is CNC1CCCC(c2nc(-c3cc(Cl)ccc3O)nc(N)c2C#N)C1. The third-order valence-corrected chi connectivity index (χ3v) is 4.98. The molecule has 7 heteroatoms. The van der Waals surface area contributed by atoms with Crippen LogP contribution >= 0.6 is 11.6 Å². The summed E-state index contributed by atoms with van der Waals surface area (Å²) in [5.41, 5.74) is 7.42. The third-order valence-electron chi connectivity index (χ3n) is 4.75. The molecule has 0 saturated heterocycles. The lowest BCUT2D eigenvalue weighted by molar-refractivity contribution is 0.351. The number of nitrogens with one attached hydrogen (secondary N) is 1. The van der Waals surface area contributed by atoms with Gasteiger partial charge in [-0.25, -0.2) is 9.97 Å². The first-order valence-electron chi connectivity index (χ1n) is 8.27. The lowest BCUT2D eigenvalue weighted by atomic mass is 9.82. The average Bonchev–Trinajstić information content (AvgIpc) is 2.63. The summed E-state index contributed by atoms with van der Waals surface area (Å²) in [5, 5.41) is 23.4. The van der Waals surface area contributed by atoms with E-state index in [1.165, 1.54) is 6.07 Å². The van der Waals surface area contributed by atoms with Crippen LogP contribution in [-0.4, -0.2) is 28.2 Å². The summed E-state index contributed by atoms with van der Waals surface area (Å²) >= 11 is 6.03. The molecule has 1 heterocycles. The number of rotatable bonds is 3. The summed E-state index contributed by atoms with van der Waals surface area (Å²) in [7, 11) is 1.95. The maximum absolute atomic E-state index is 10.1. The summed E-state index contributed by atoms with van der Waals surface area (Å²) in [6.45, 7) is 0. The molecule has 1 aromatic carbocycles. The Labute approximate surface area is 151 Å². The molecule has 0 radical (unpaired) electrons. The van der Waals surface area contributed by atoms with E-state index in [0.29, 0.717) is 27.9 Å². The van der Waals surface area contributed by atoms with Crippen LogP contribution in [0.2, 0.25) is 5.02 Å². The van der Waals surface area contributed by atoms with Crippen molar-refractivity contribution in [2.45, 2.75) is 37.6 Å². The van der Waals surface area contributed by atoms with Crippen molar-refractivity contribution in [2.24, 2.45) is 0 Å². The highest BCUT2D eigenvalue weighted by Crippen LogP contribution is 2.37. The summed E-state index contributed by atoms with van der Waals surface area (Å²) < 4.78 is 0. The maximum Gasteiger partial charge on any atom is 0.165 e. The third kappa shape index (κ3) is 3.53. The Morgan fingerprint density at radius 3 is 2.88 bits per heavy atom. The first-order chi connectivity index (χ1) is 12.0. The van der Waals surface area contributed by atoms with E-state index >= 15 is 0 Å². The van der Waals surface area contributed by atoms with Gasteiger partial charge in [0.05, 0.1) is 11.3 Å². The van der Waals surface area contributed by atoms with Crippen LogP contribution in [0.1, 0.15) is 42.9 Å². The molecule has 0 amide bonds. The van der Waals surface area contributed by atoms with Gasteiger partial charge in [-0.05, 0) is 44.5 Å². The predicted molar refractivity (Wildman–Crippen MR) is 97.3 cm³/mol. The molecule has 0 aliphatic heterocycles. The van der Waals surface area contributed by atoms with Gasteiger partial charge in [0.25, 0.3) is 0 Å². The number of aromatic nitrogens is 2. The van der Waals surface area contributed by atoms with Crippen LogP contribution in [-0.2, 0) is 0 Å². The quantitative estimate of drug-likeness (QED) is 0.778. The Hall–Kier alpha value is -2.36. The van der Waals surface area contributed by atoms with Gasteiger partial charge in [-0.1, -0.05) is 18.0 Å². The molecule has 1 saturated carbocycles. The number of phenolic OH excluding ortho intramolecular Hbond substituents is 1. The van der Waals surface area contributed by atoms with E-state index in [1.807, 2.05) is 7.05 Å². The maximum atomic E-state index is 10.1. The van der Waals surface area contributed by atoms with Gasteiger partial charge in [-0.2, -0.15) is 5.26 Å². The van der Waals surface area contributed by atoms with E-state index in [2.05, 4.69) is 21.4 Å². The van der Waals surface area contributed by atoms with Crippen LogP contribution in [0, 0.1) is 11.3 Å². The number of nitriles is 1. The minimum Gasteiger partial charge on any atom is -0.507 e. The lowest BCUT2D eigenvalue weighted by Crippen LogP contribution is -2.31. The van der Waals surface area contributed by atoms with Crippen LogP contribution in [0.3, 0.4) is 0 Å². The van der Waals surface area contributed by atoms with E-state index in [1.54, 1.807) is 12.1 Å². The molecule has 0 spiro atoms. The second-order valence-electron chi connectivity index (χ2n) is 6.32. The molecule has 1 aromatic heterocycles. The molecule has 6 nitrogen and oxygen atoms in total. The summed E-state index contributed by atoms with van der Waals surface area (Å²) in [5.74, 6) is 0.578. The van der Waals surface area contributed by atoms with Crippen LogP contribution in [0.25, 0.3) is 11.4 Å². The second-order valence-corrected chi connectivity index (χ2v) is 6.75. The molecule has 2 aromatic rings. The fraction of sp³-hybridized carbons (Fsp3) is 0.389. The van der Waals surface area contributed by atoms with Gasteiger partial charge < -0.3 is 16.2 Å². The van der Waals surface area contributed by atoms with Crippen LogP contribution in [0.4, 0.5) is 5.82 Å². The molecular weight excluding hydrogens is 338 g/mol. The molecule has 25 heavy (non-hydrogen) atoms. The number of nitrogen functional groups attached to an aromatic ring is 1. The van der Waals surface area contributed by atoms with Crippen molar-refractivity contribution in [3.05, 3.63) is 34.5 Å². The number of nitrogens with zero attached hydrogens (tertiary/aromatic N) is 3. The van der Waals surface area contributed by atoms with Crippen molar-refractivity contribution >= 4 is 17.4 Å². The van der Waals surface area contributed by atoms with E-state index in [4.69, 9.17) is 17.3 Å². The monoisotopic (exact) mass is 357 g/mol. The Morgan fingerprint density at radius 2 is 2.16 bits per heavy atom. The summed E-state index contributed by atoms with van der Waals surface area (Å²) in [4.78, 5) is 8.83. The fourth-order valence-corrected chi connectivity index (χ4v) is 3.59. The average molecular weight is 358 g/mol. The van der Waals surface area contributed by atoms with Gasteiger partial charge in [-0.15, -0.1) is 0 Å². The molecule has 2 atom stereocenters. The molecule has 1 aliphatic rings. The molecule has 3 rings (SSSR count). The molecule has 2 unspecified atom stereocenters. The summed E-state index contributed by atoms with van der Waals surface area (Å²) in [6.07, 6.45) is 4.01. The van der Waals surface area contributed by atoms with Gasteiger partial charge in [0.1, 0.15) is 23.2 Å². The minimum absolute atomic E-state index is 0.0243.